The molecule has 0 aliphatic heterocycles. The number of benzene rings is 1. The van der Waals surface area contributed by atoms with Crippen molar-refractivity contribution in [2.24, 2.45) is 0 Å². The van der Waals surface area contributed by atoms with Gasteiger partial charge in [0.05, 0.1) is 21.5 Å². The Hall–Kier alpha value is -1.54. The molecule has 0 saturated heterocycles. The van der Waals surface area contributed by atoms with Gasteiger partial charge in [-0.1, -0.05) is 54.9 Å². The molecule has 1 aromatic carbocycles. The molecule has 9 heteroatoms. The lowest BCUT2D eigenvalue weighted by molar-refractivity contribution is -0.113. The minimum absolute atomic E-state index is 0.181. The molecule has 5 nitrogen and oxygen atoms in total. The molecule has 0 bridgehead atoms. The fourth-order valence-electron chi connectivity index (χ4n) is 2.58. The van der Waals surface area contributed by atoms with E-state index in [1.807, 2.05) is 11.5 Å². The Morgan fingerprint density at radius 1 is 1.32 bits per heavy atom. The lowest BCUT2D eigenvalue weighted by atomic mass is 10.1. The maximum Gasteiger partial charge on any atom is 0.234 e. The largest absolute Gasteiger partial charge is 0.324 e. The topological polar surface area (TPSA) is 59.8 Å². The van der Waals surface area contributed by atoms with Gasteiger partial charge >= 0.3 is 0 Å². The molecule has 148 valence electrons. The van der Waals surface area contributed by atoms with E-state index >= 15 is 0 Å². The summed E-state index contributed by atoms with van der Waals surface area (Å²) in [6.45, 7) is 7.11. The highest BCUT2D eigenvalue weighted by Crippen LogP contribution is 2.32. The minimum Gasteiger partial charge on any atom is -0.324 e. The third kappa shape index (κ3) is 4.71. The molecule has 3 rings (SSSR count). The summed E-state index contributed by atoms with van der Waals surface area (Å²) < 4.78 is 2.02. The Morgan fingerprint density at radius 2 is 2.11 bits per heavy atom. The van der Waals surface area contributed by atoms with Crippen molar-refractivity contribution in [3.8, 4) is 11.4 Å². The van der Waals surface area contributed by atoms with E-state index in [2.05, 4.69) is 40.8 Å². The molecule has 0 radical (unpaired) electrons. The van der Waals surface area contributed by atoms with E-state index < -0.39 is 0 Å². The van der Waals surface area contributed by atoms with Gasteiger partial charge in [0, 0.05) is 22.4 Å². The Labute approximate surface area is 182 Å². The van der Waals surface area contributed by atoms with Gasteiger partial charge in [0.2, 0.25) is 5.91 Å². The molecule has 0 aliphatic rings. The number of thioether (sulfide) groups is 1. The van der Waals surface area contributed by atoms with Crippen LogP contribution in [0.3, 0.4) is 0 Å². The van der Waals surface area contributed by atoms with Crippen LogP contribution in [0.25, 0.3) is 11.4 Å². The van der Waals surface area contributed by atoms with E-state index in [1.165, 1.54) is 16.6 Å². The van der Waals surface area contributed by atoms with Gasteiger partial charge in [0.1, 0.15) is 0 Å². The number of hydrogen-bond acceptors (Lipinski definition) is 5. The van der Waals surface area contributed by atoms with Gasteiger partial charge in [0.25, 0.3) is 0 Å². The van der Waals surface area contributed by atoms with Crippen molar-refractivity contribution in [1.29, 1.82) is 0 Å². The molecule has 2 heterocycles. The van der Waals surface area contributed by atoms with E-state index in [-0.39, 0.29) is 11.7 Å². The van der Waals surface area contributed by atoms with Crippen LogP contribution in [0, 0.1) is 0 Å². The second-order valence-corrected chi connectivity index (χ2v) is 9.05. The third-order valence-corrected chi connectivity index (χ3v) is 7.06. The van der Waals surface area contributed by atoms with Crippen molar-refractivity contribution in [3.05, 3.63) is 44.6 Å². The SMILES string of the molecule is CCn1c(SCC(=O)Nc2cccc(Cl)c2Cl)nnc1-c1csc(C(C)C)c1. The summed E-state index contributed by atoms with van der Waals surface area (Å²) in [5.41, 5.74) is 1.56. The van der Waals surface area contributed by atoms with E-state index in [0.717, 1.165) is 17.9 Å². The maximum atomic E-state index is 12.3. The third-order valence-electron chi connectivity index (χ3n) is 4.04. The summed E-state index contributed by atoms with van der Waals surface area (Å²) in [4.78, 5) is 13.6. The molecular weight excluding hydrogens is 435 g/mol. The second-order valence-electron chi connectivity index (χ2n) is 6.38. The quantitative estimate of drug-likeness (QED) is 0.432. The number of rotatable bonds is 7. The highest BCUT2D eigenvalue weighted by Gasteiger charge is 2.17. The Bertz CT molecular complexity index is 984. The summed E-state index contributed by atoms with van der Waals surface area (Å²) >= 11 is 15.2. The molecule has 0 aliphatic carbocycles. The van der Waals surface area contributed by atoms with Crippen molar-refractivity contribution in [2.75, 3.05) is 11.1 Å². The van der Waals surface area contributed by atoms with E-state index in [9.17, 15) is 4.79 Å². The number of thiophene rings is 1. The van der Waals surface area contributed by atoms with E-state index in [0.29, 0.717) is 26.8 Å². The van der Waals surface area contributed by atoms with Crippen LogP contribution in [0.15, 0.2) is 34.8 Å². The smallest absolute Gasteiger partial charge is 0.234 e. The molecule has 2 aromatic heterocycles. The van der Waals surface area contributed by atoms with Crippen LogP contribution in [0.1, 0.15) is 31.6 Å². The van der Waals surface area contributed by atoms with Crippen LogP contribution in [-0.2, 0) is 11.3 Å². The number of carbonyl (C=O) groups excluding carboxylic acids is 1. The van der Waals surface area contributed by atoms with Gasteiger partial charge < -0.3 is 9.88 Å². The highest BCUT2D eigenvalue weighted by molar-refractivity contribution is 7.99. The first kappa shape index (κ1) is 21.2. The zero-order chi connectivity index (χ0) is 20.3. The highest BCUT2D eigenvalue weighted by atomic mass is 35.5. The molecule has 1 amide bonds. The van der Waals surface area contributed by atoms with Gasteiger partial charge in [-0.05, 0) is 31.0 Å². The Morgan fingerprint density at radius 3 is 2.79 bits per heavy atom. The van der Waals surface area contributed by atoms with Crippen LogP contribution in [0.2, 0.25) is 10.0 Å². The summed E-state index contributed by atoms with van der Waals surface area (Å²) in [6.07, 6.45) is 0. The predicted octanol–water partition coefficient (Wildman–Crippen LogP) is 6.19. The van der Waals surface area contributed by atoms with Gasteiger partial charge in [-0.2, -0.15) is 0 Å². The molecule has 28 heavy (non-hydrogen) atoms. The van der Waals surface area contributed by atoms with Crippen molar-refractivity contribution in [3.63, 3.8) is 0 Å². The standard InChI is InChI=1S/C19H20Cl2N4OS2/c1-4-25-18(12-8-15(11(2)3)27-9-12)23-24-19(25)28-10-16(26)22-14-7-5-6-13(20)17(14)21/h5-9,11H,4,10H2,1-3H3,(H,22,26). The number of halogens is 2. The molecule has 0 spiro atoms. The van der Waals surface area contributed by atoms with Crippen LogP contribution >= 0.6 is 46.3 Å². The summed E-state index contributed by atoms with van der Waals surface area (Å²) in [5.74, 6) is 1.32. The summed E-state index contributed by atoms with van der Waals surface area (Å²) in [6, 6.07) is 7.29. The zero-order valence-electron chi connectivity index (χ0n) is 15.7. The Kier molecular flexibility index (Phi) is 7.04. The monoisotopic (exact) mass is 454 g/mol. The summed E-state index contributed by atoms with van der Waals surface area (Å²) in [5, 5.41) is 15.0. The fraction of sp³-hybridized carbons (Fsp3) is 0.316. The van der Waals surface area contributed by atoms with E-state index in [4.69, 9.17) is 23.2 Å². The molecule has 3 aromatic rings. The first-order chi connectivity index (χ1) is 13.4. The predicted molar refractivity (Wildman–Crippen MR) is 119 cm³/mol. The van der Waals surface area contributed by atoms with Crippen molar-refractivity contribution < 1.29 is 4.79 Å². The van der Waals surface area contributed by atoms with Crippen LogP contribution < -0.4 is 5.32 Å². The molecular formula is C19H20Cl2N4OS2. The number of carbonyl (C=O) groups is 1. The average Bonchev–Trinajstić information content (AvgIpc) is 3.30. The molecule has 0 saturated carbocycles. The first-order valence-electron chi connectivity index (χ1n) is 8.79. The van der Waals surface area contributed by atoms with Gasteiger partial charge in [-0.15, -0.1) is 21.5 Å². The minimum atomic E-state index is -0.181. The number of nitrogens with one attached hydrogen (secondary N) is 1. The average molecular weight is 455 g/mol. The summed E-state index contributed by atoms with van der Waals surface area (Å²) in [7, 11) is 0. The second kappa shape index (κ2) is 9.31. The maximum absolute atomic E-state index is 12.3. The normalized spacial score (nSPS) is 11.2. The molecule has 0 atom stereocenters. The molecule has 0 fully saturated rings. The lowest BCUT2D eigenvalue weighted by Crippen LogP contribution is -2.15. The van der Waals surface area contributed by atoms with Crippen molar-refractivity contribution in [1.82, 2.24) is 14.8 Å². The van der Waals surface area contributed by atoms with Gasteiger partial charge in [-0.3, -0.25) is 4.79 Å². The van der Waals surface area contributed by atoms with Gasteiger partial charge in [-0.25, -0.2) is 0 Å². The van der Waals surface area contributed by atoms with Crippen LogP contribution in [0.5, 0.6) is 0 Å². The number of hydrogen-bond donors (Lipinski definition) is 1. The number of aromatic nitrogens is 3. The van der Waals surface area contributed by atoms with Gasteiger partial charge in [0.15, 0.2) is 11.0 Å². The first-order valence-corrected chi connectivity index (χ1v) is 11.4. The molecule has 1 N–H and O–H groups in total. The van der Waals surface area contributed by atoms with Crippen molar-refractivity contribution >= 4 is 57.9 Å². The van der Waals surface area contributed by atoms with Crippen molar-refractivity contribution in [2.45, 2.75) is 38.4 Å². The fourth-order valence-corrected chi connectivity index (χ4v) is 4.64. The number of nitrogens with zero attached hydrogens (tertiary/aromatic N) is 3. The Balaban J connectivity index is 1.70. The number of amides is 1. The van der Waals surface area contributed by atoms with Crippen LogP contribution in [-0.4, -0.2) is 26.4 Å². The zero-order valence-corrected chi connectivity index (χ0v) is 18.8. The molecule has 0 unspecified atom stereocenters. The number of anilines is 1. The van der Waals surface area contributed by atoms with E-state index in [1.54, 1.807) is 29.5 Å². The van der Waals surface area contributed by atoms with Crippen LogP contribution in [0.4, 0.5) is 5.69 Å². The lowest BCUT2D eigenvalue weighted by Gasteiger charge is -2.09.